The number of nitrogens with one attached hydrogen (secondary N) is 1. The van der Waals surface area contributed by atoms with E-state index in [-0.39, 0.29) is 11.9 Å². The lowest BCUT2D eigenvalue weighted by Crippen LogP contribution is -2.41. The van der Waals surface area contributed by atoms with E-state index in [4.69, 9.17) is 0 Å². The summed E-state index contributed by atoms with van der Waals surface area (Å²) in [7, 11) is 0. The molecule has 0 aliphatic rings. The SMILES string of the molecule is CCc1nnc(NC(=O)C(C)N(CC)CC)s1. The summed E-state index contributed by atoms with van der Waals surface area (Å²) in [4.78, 5) is 14.0. The van der Waals surface area contributed by atoms with Gasteiger partial charge in [0.05, 0.1) is 6.04 Å². The molecule has 0 saturated carbocycles. The quantitative estimate of drug-likeness (QED) is 0.842. The lowest BCUT2D eigenvalue weighted by atomic mass is 10.2. The number of nitrogens with zero attached hydrogens (tertiary/aromatic N) is 3. The molecule has 0 aliphatic carbocycles. The van der Waals surface area contributed by atoms with Crippen LogP contribution in [0.1, 0.15) is 32.7 Å². The van der Waals surface area contributed by atoms with Gasteiger partial charge in [-0.25, -0.2) is 0 Å². The second-order valence-electron chi connectivity index (χ2n) is 3.74. The van der Waals surface area contributed by atoms with Crippen LogP contribution in [-0.2, 0) is 11.2 Å². The summed E-state index contributed by atoms with van der Waals surface area (Å²) in [6.45, 7) is 9.75. The monoisotopic (exact) mass is 256 g/mol. The molecule has 1 aromatic rings. The second kappa shape index (κ2) is 6.66. The van der Waals surface area contributed by atoms with Crippen LogP contribution in [-0.4, -0.2) is 40.1 Å². The highest BCUT2D eigenvalue weighted by Gasteiger charge is 2.19. The Morgan fingerprint density at radius 3 is 2.47 bits per heavy atom. The van der Waals surface area contributed by atoms with Gasteiger partial charge in [0.15, 0.2) is 0 Å². The van der Waals surface area contributed by atoms with Crippen molar-refractivity contribution in [1.29, 1.82) is 0 Å². The summed E-state index contributed by atoms with van der Waals surface area (Å²) < 4.78 is 0. The molecule has 1 amide bonds. The second-order valence-corrected chi connectivity index (χ2v) is 4.80. The molecule has 0 saturated heterocycles. The average Bonchev–Trinajstić information content (AvgIpc) is 2.78. The van der Waals surface area contributed by atoms with Gasteiger partial charge >= 0.3 is 0 Å². The largest absolute Gasteiger partial charge is 0.299 e. The van der Waals surface area contributed by atoms with Crippen molar-refractivity contribution in [3.63, 3.8) is 0 Å². The first-order valence-corrected chi connectivity index (χ1v) is 6.81. The van der Waals surface area contributed by atoms with Gasteiger partial charge in [-0.2, -0.15) is 0 Å². The maximum atomic E-state index is 12.0. The third kappa shape index (κ3) is 3.74. The predicted molar refractivity (Wildman–Crippen MR) is 70.3 cm³/mol. The van der Waals surface area contributed by atoms with Crippen LogP contribution >= 0.6 is 11.3 Å². The van der Waals surface area contributed by atoms with Crippen LogP contribution in [0.25, 0.3) is 0 Å². The van der Waals surface area contributed by atoms with Gasteiger partial charge in [-0.15, -0.1) is 10.2 Å². The Hall–Kier alpha value is -1.01. The van der Waals surface area contributed by atoms with Crippen molar-refractivity contribution in [2.24, 2.45) is 0 Å². The van der Waals surface area contributed by atoms with Crippen LogP contribution in [0.5, 0.6) is 0 Å². The summed E-state index contributed by atoms with van der Waals surface area (Å²) >= 11 is 1.43. The van der Waals surface area contributed by atoms with Crippen molar-refractivity contribution in [3.8, 4) is 0 Å². The summed E-state index contributed by atoms with van der Waals surface area (Å²) in [5.74, 6) is -0.0208. The Balaban J connectivity index is 2.59. The highest BCUT2D eigenvalue weighted by molar-refractivity contribution is 7.15. The molecule has 5 nitrogen and oxygen atoms in total. The first kappa shape index (κ1) is 14.1. The number of aromatic nitrogens is 2. The lowest BCUT2D eigenvalue weighted by Gasteiger charge is -2.24. The molecule has 0 fully saturated rings. The van der Waals surface area contributed by atoms with Gasteiger partial charge < -0.3 is 0 Å². The van der Waals surface area contributed by atoms with E-state index < -0.39 is 0 Å². The zero-order chi connectivity index (χ0) is 12.8. The van der Waals surface area contributed by atoms with Crippen LogP contribution in [0.15, 0.2) is 0 Å². The van der Waals surface area contributed by atoms with E-state index in [2.05, 4.69) is 20.4 Å². The van der Waals surface area contributed by atoms with Crippen LogP contribution in [0.3, 0.4) is 0 Å². The van der Waals surface area contributed by atoms with Gasteiger partial charge in [-0.3, -0.25) is 15.0 Å². The van der Waals surface area contributed by atoms with E-state index in [9.17, 15) is 4.79 Å². The smallest absolute Gasteiger partial charge is 0.243 e. The summed E-state index contributed by atoms with van der Waals surface area (Å²) in [6.07, 6.45) is 0.846. The Morgan fingerprint density at radius 2 is 2.00 bits per heavy atom. The van der Waals surface area contributed by atoms with Gasteiger partial charge in [-0.05, 0) is 26.4 Å². The van der Waals surface area contributed by atoms with Crippen molar-refractivity contribution in [2.75, 3.05) is 18.4 Å². The predicted octanol–water partition coefficient (Wildman–Crippen LogP) is 1.77. The molecular formula is C11H20N4OS. The number of likely N-dealkylation sites (N-methyl/N-ethyl adjacent to an activating group) is 1. The van der Waals surface area contributed by atoms with Gasteiger partial charge in [0.25, 0.3) is 0 Å². The van der Waals surface area contributed by atoms with Crippen LogP contribution in [0.4, 0.5) is 5.13 Å². The van der Waals surface area contributed by atoms with Crippen molar-refractivity contribution >= 4 is 22.4 Å². The minimum Gasteiger partial charge on any atom is -0.299 e. The van der Waals surface area contributed by atoms with Crippen LogP contribution in [0.2, 0.25) is 0 Å². The highest BCUT2D eigenvalue weighted by Crippen LogP contribution is 2.16. The molecule has 96 valence electrons. The fraction of sp³-hybridized carbons (Fsp3) is 0.727. The summed E-state index contributed by atoms with van der Waals surface area (Å²) in [5, 5.41) is 12.2. The average molecular weight is 256 g/mol. The molecule has 1 atom stereocenters. The fourth-order valence-corrected chi connectivity index (χ4v) is 2.28. The van der Waals surface area contributed by atoms with E-state index >= 15 is 0 Å². The van der Waals surface area contributed by atoms with E-state index in [1.165, 1.54) is 11.3 Å². The minimum atomic E-state index is -0.140. The van der Waals surface area contributed by atoms with E-state index in [0.717, 1.165) is 24.5 Å². The number of carbonyl (C=O) groups excluding carboxylic acids is 1. The maximum Gasteiger partial charge on any atom is 0.243 e. The first-order valence-electron chi connectivity index (χ1n) is 5.99. The van der Waals surface area contributed by atoms with Crippen molar-refractivity contribution in [1.82, 2.24) is 15.1 Å². The molecule has 1 rings (SSSR count). The van der Waals surface area contributed by atoms with Gasteiger partial charge in [0.2, 0.25) is 11.0 Å². The minimum absolute atomic E-state index is 0.0208. The number of hydrogen-bond donors (Lipinski definition) is 1. The third-order valence-electron chi connectivity index (χ3n) is 2.74. The maximum absolute atomic E-state index is 12.0. The summed E-state index contributed by atoms with van der Waals surface area (Å²) in [5.41, 5.74) is 0. The zero-order valence-electron chi connectivity index (χ0n) is 10.9. The topological polar surface area (TPSA) is 58.1 Å². The van der Waals surface area contributed by atoms with Crippen molar-refractivity contribution < 1.29 is 4.79 Å². The molecular weight excluding hydrogens is 236 g/mol. The molecule has 1 unspecified atom stereocenters. The Kier molecular flexibility index (Phi) is 5.50. The van der Waals surface area contributed by atoms with Gasteiger partial charge in [0, 0.05) is 0 Å². The van der Waals surface area contributed by atoms with Crippen LogP contribution in [0, 0.1) is 0 Å². The molecule has 0 spiro atoms. The van der Waals surface area contributed by atoms with E-state index in [1.54, 1.807) is 0 Å². The number of hydrogen-bond acceptors (Lipinski definition) is 5. The summed E-state index contributed by atoms with van der Waals surface area (Å²) in [6, 6.07) is -0.140. The highest BCUT2D eigenvalue weighted by atomic mass is 32.1. The van der Waals surface area contributed by atoms with E-state index in [1.807, 2.05) is 27.7 Å². The number of amides is 1. The lowest BCUT2D eigenvalue weighted by molar-refractivity contribution is -0.120. The Morgan fingerprint density at radius 1 is 1.35 bits per heavy atom. The van der Waals surface area contributed by atoms with Crippen molar-refractivity contribution in [3.05, 3.63) is 5.01 Å². The Labute approximate surface area is 106 Å². The number of anilines is 1. The number of aryl methyl sites for hydroxylation is 1. The fourth-order valence-electron chi connectivity index (χ4n) is 1.59. The third-order valence-corrected chi connectivity index (χ3v) is 3.72. The molecule has 1 N–H and O–H groups in total. The Bertz CT molecular complexity index is 362. The molecule has 0 aliphatic heterocycles. The molecule has 0 radical (unpaired) electrons. The van der Waals surface area contributed by atoms with Crippen molar-refractivity contribution in [2.45, 2.75) is 40.2 Å². The standard InChI is InChI=1S/C11H20N4OS/c1-5-9-13-14-11(17-9)12-10(16)8(4)15(6-2)7-3/h8H,5-7H2,1-4H3,(H,12,14,16). The molecule has 1 heterocycles. The number of carbonyl (C=O) groups is 1. The van der Waals surface area contributed by atoms with Gasteiger partial charge in [-0.1, -0.05) is 32.1 Å². The van der Waals surface area contributed by atoms with Gasteiger partial charge in [0.1, 0.15) is 5.01 Å². The first-order chi connectivity index (χ1) is 8.12. The zero-order valence-corrected chi connectivity index (χ0v) is 11.7. The van der Waals surface area contributed by atoms with Crippen LogP contribution < -0.4 is 5.32 Å². The molecule has 0 aromatic carbocycles. The molecule has 1 aromatic heterocycles. The molecule has 0 bridgehead atoms. The van der Waals surface area contributed by atoms with E-state index in [0.29, 0.717) is 5.13 Å². The normalized spacial score (nSPS) is 12.8. The number of rotatable bonds is 6. The molecule has 6 heteroatoms. The molecule has 17 heavy (non-hydrogen) atoms.